The topological polar surface area (TPSA) is 70.2 Å². The summed E-state index contributed by atoms with van der Waals surface area (Å²) >= 11 is 0. The third-order valence-electron chi connectivity index (χ3n) is 4.32. The second kappa shape index (κ2) is 8.43. The first-order valence-corrected chi connectivity index (χ1v) is 8.83. The molecule has 1 aromatic heterocycles. The number of carbonyl (C=O) groups is 1. The molecule has 0 aliphatic carbocycles. The van der Waals surface area contributed by atoms with Gasteiger partial charge in [-0.05, 0) is 68.7 Å². The molecule has 1 amide bonds. The number of halogens is 3. The summed E-state index contributed by atoms with van der Waals surface area (Å²) in [6.07, 6.45) is -1.05. The van der Waals surface area contributed by atoms with E-state index >= 15 is 0 Å². The maximum absolute atomic E-state index is 12.2. The normalized spacial score (nSPS) is 15.1. The Balaban J connectivity index is 1.49. The molecule has 0 atom stereocenters. The molecule has 27 heavy (non-hydrogen) atoms. The summed E-state index contributed by atoms with van der Waals surface area (Å²) in [4.78, 5) is 14.4. The van der Waals surface area contributed by atoms with Crippen molar-refractivity contribution in [3.05, 3.63) is 30.3 Å². The van der Waals surface area contributed by atoms with Gasteiger partial charge in [0.05, 0.1) is 5.69 Å². The van der Waals surface area contributed by atoms with E-state index in [-0.39, 0.29) is 11.7 Å². The fraction of sp³-hybridized carbons (Fsp3) is 0.444. The van der Waals surface area contributed by atoms with Gasteiger partial charge < -0.3 is 15.0 Å². The molecule has 9 heteroatoms. The van der Waals surface area contributed by atoms with E-state index in [0.29, 0.717) is 23.5 Å². The minimum absolute atomic E-state index is 0.110. The van der Waals surface area contributed by atoms with Gasteiger partial charge in [0.1, 0.15) is 5.75 Å². The van der Waals surface area contributed by atoms with Crippen molar-refractivity contribution in [3.8, 4) is 17.0 Å². The zero-order valence-electron chi connectivity index (χ0n) is 14.7. The lowest BCUT2D eigenvalue weighted by atomic mass is 10.1. The predicted octanol–water partition coefficient (Wildman–Crippen LogP) is 3.79. The lowest BCUT2D eigenvalue weighted by Crippen LogP contribution is -2.22. The zero-order chi connectivity index (χ0) is 19.3. The molecule has 6 nitrogen and oxygen atoms in total. The van der Waals surface area contributed by atoms with Gasteiger partial charge in [0.25, 0.3) is 0 Å². The number of benzene rings is 1. The van der Waals surface area contributed by atoms with Crippen LogP contribution in [0.15, 0.2) is 30.3 Å². The molecule has 1 saturated heterocycles. The van der Waals surface area contributed by atoms with E-state index in [1.165, 1.54) is 37.1 Å². The minimum Gasteiger partial charge on any atom is -0.406 e. The van der Waals surface area contributed by atoms with Crippen LogP contribution in [0.3, 0.4) is 0 Å². The largest absolute Gasteiger partial charge is 0.573 e. The molecule has 0 saturated carbocycles. The van der Waals surface area contributed by atoms with Crippen molar-refractivity contribution in [2.75, 3.05) is 25.0 Å². The third kappa shape index (κ3) is 5.99. The molecule has 0 radical (unpaired) electrons. The molecule has 1 aromatic carbocycles. The number of hydrogen-bond acceptors (Lipinski definition) is 4. The molecule has 2 aromatic rings. The number of ether oxygens (including phenoxy) is 1. The van der Waals surface area contributed by atoms with E-state index in [1.807, 2.05) is 0 Å². The number of H-pyrrole nitrogens is 1. The van der Waals surface area contributed by atoms with Crippen molar-refractivity contribution in [1.29, 1.82) is 0 Å². The minimum atomic E-state index is -4.72. The number of anilines is 1. The monoisotopic (exact) mass is 382 g/mol. The quantitative estimate of drug-likeness (QED) is 0.764. The molecular formula is C18H21F3N4O2. The summed E-state index contributed by atoms with van der Waals surface area (Å²) in [6.45, 7) is 3.14. The average molecular weight is 382 g/mol. The van der Waals surface area contributed by atoms with Gasteiger partial charge in [-0.1, -0.05) is 0 Å². The van der Waals surface area contributed by atoms with Gasteiger partial charge in [-0.25, -0.2) is 0 Å². The Morgan fingerprint density at radius 3 is 2.59 bits per heavy atom. The van der Waals surface area contributed by atoms with E-state index in [0.717, 1.165) is 26.1 Å². The van der Waals surface area contributed by atoms with Crippen LogP contribution in [0.25, 0.3) is 11.3 Å². The molecule has 1 fully saturated rings. The smallest absolute Gasteiger partial charge is 0.406 e. The highest BCUT2D eigenvalue weighted by atomic mass is 19.4. The Labute approximate surface area is 154 Å². The van der Waals surface area contributed by atoms with Crippen LogP contribution < -0.4 is 10.1 Å². The van der Waals surface area contributed by atoms with Crippen LogP contribution in [0.2, 0.25) is 0 Å². The van der Waals surface area contributed by atoms with Crippen LogP contribution in [0.4, 0.5) is 19.0 Å². The van der Waals surface area contributed by atoms with Gasteiger partial charge in [-0.15, -0.1) is 13.2 Å². The molecule has 146 valence electrons. The standard InChI is InChI=1S/C18H21F3N4O2/c19-18(20,21)27-14-7-5-13(6-8-14)15-12-16(24-23-15)22-17(26)4-3-11-25-9-1-2-10-25/h5-8,12H,1-4,9-11H2,(H2,22,23,24,26). The number of aromatic nitrogens is 2. The van der Waals surface area contributed by atoms with E-state index in [2.05, 4.69) is 25.2 Å². The molecule has 0 spiro atoms. The number of hydrogen-bond donors (Lipinski definition) is 2. The van der Waals surface area contributed by atoms with Crippen LogP contribution in [0, 0.1) is 0 Å². The average Bonchev–Trinajstić information content (AvgIpc) is 3.26. The summed E-state index contributed by atoms with van der Waals surface area (Å²) < 4.78 is 40.4. The lowest BCUT2D eigenvalue weighted by Gasteiger charge is -2.13. The number of nitrogens with one attached hydrogen (secondary N) is 2. The maximum atomic E-state index is 12.2. The molecule has 2 N–H and O–H groups in total. The number of likely N-dealkylation sites (tertiary alicyclic amines) is 1. The molecule has 0 bridgehead atoms. The fourth-order valence-electron chi connectivity index (χ4n) is 3.04. The van der Waals surface area contributed by atoms with Crippen LogP contribution in [-0.4, -0.2) is 47.0 Å². The van der Waals surface area contributed by atoms with Gasteiger partial charge >= 0.3 is 6.36 Å². The Bertz CT molecular complexity index is 753. The molecule has 2 heterocycles. The fourth-order valence-corrected chi connectivity index (χ4v) is 3.04. The highest BCUT2D eigenvalue weighted by molar-refractivity contribution is 5.90. The summed E-state index contributed by atoms with van der Waals surface area (Å²) in [5.74, 6) is -0.0229. The van der Waals surface area contributed by atoms with E-state index in [1.54, 1.807) is 6.07 Å². The van der Waals surface area contributed by atoms with Crippen molar-refractivity contribution >= 4 is 11.7 Å². The van der Waals surface area contributed by atoms with Crippen molar-refractivity contribution in [2.45, 2.75) is 32.0 Å². The van der Waals surface area contributed by atoms with Crippen molar-refractivity contribution in [3.63, 3.8) is 0 Å². The molecular weight excluding hydrogens is 361 g/mol. The molecule has 3 rings (SSSR count). The van der Waals surface area contributed by atoms with Crippen LogP contribution >= 0.6 is 0 Å². The number of nitrogens with zero attached hydrogens (tertiary/aromatic N) is 2. The highest BCUT2D eigenvalue weighted by Crippen LogP contribution is 2.26. The second-order valence-corrected chi connectivity index (χ2v) is 6.44. The Morgan fingerprint density at radius 1 is 1.22 bits per heavy atom. The summed E-state index contributed by atoms with van der Waals surface area (Å²) in [7, 11) is 0. The van der Waals surface area contributed by atoms with Crippen molar-refractivity contribution in [2.24, 2.45) is 0 Å². The summed E-state index contributed by atoms with van der Waals surface area (Å²) in [6, 6.07) is 7.05. The molecule has 0 unspecified atom stereocenters. The Kier molecular flexibility index (Phi) is 6.00. The summed E-state index contributed by atoms with van der Waals surface area (Å²) in [5, 5.41) is 9.51. The molecule has 1 aliphatic rings. The number of rotatable bonds is 7. The van der Waals surface area contributed by atoms with Crippen LogP contribution in [0.5, 0.6) is 5.75 Å². The van der Waals surface area contributed by atoms with Crippen LogP contribution in [0.1, 0.15) is 25.7 Å². The summed E-state index contributed by atoms with van der Waals surface area (Å²) in [5.41, 5.74) is 1.22. The van der Waals surface area contributed by atoms with Gasteiger partial charge in [-0.3, -0.25) is 9.89 Å². The zero-order valence-corrected chi connectivity index (χ0v) is 14.7. The van der Waals surface area contributed by atoms with Gasteiger partial charge in [0, 0.05) is 12.5 Å². The predicted molar refractivity (Wildman–Crippen MR) is 94.2 cm³/mol. The first-order chi connectivity index (χ1) is 12.9. The van der Waals surface area contributed by atoms with Crippen molar-refractivity contribution in [1.82, 2.24) is 15.1 Å². The first kappa shape index (κ1) is 19.2. The third-order valence-corrected chi connectivity index (χ3v) is 4.32. The number of alkyl halides is 3. The van der Waals surface area contributed by atoms with Crippen LogP contribution in [-0.2, 0) is 4.79 Å². The number of aromatic amines is 1. The molecule has 1 aliphatic heterocycles. The van der Waals surface area contributed by atoms with Gasteiger partial charge in [0.15, 0.2) is 5.82 Å². The highest BCUT2D eigenvalue weighted by Gasteiger charge is 2.31. The SMILES string of the molecule is O=C(CCCN1CCCC1)Nc1cc(-c2ccc(OC(F)(F)F)cc2)[nH]n1. The van der Waals surface area contributed by atoms with E-state index in [4.69, 9.17) is 0 Å². The number of carbonyl (C=O) groups excluding carboxylic acids is 1. The first-order valence-electron chi connectivity index (χ1n) is 8.83. The van der Waals surface area contributed by atoms with E-state index < -0.39 is 6.36 Å². The number of amides is 1. The second-order valence-electron chi connectivity index (χ2n) is 6.44. The Hall–Kier alpha value is -2.55. The van der Waals surface area contributed by atoms with Gasteiger partial charge in [-0.2, -0.15) is 5.10 Å². The maximum Gasteiger partial charge on any atom is 0.573 e. The van der Waals surface area contributed by atoms with E-state index in [9.17, 15) is 18.0 Å². The Morgan fingerprint density at radius 2 is 1.93 bits per heavy atom. The lowest BCUT2D eigenvalue weighted by molar-refractivity contribution is -0.274. The van der Waals surface area contributed by atoms with Gasteiger partial charge in [0.2, 0.25) is 5.91 Å². The van der Waals surface area contributed by atoms with Crippen molar-refractivity contribution < 1.29 is 22.7 Å².